The molecule has 0 saturated heterocycles. The van der Waals surface area contributed by atoms with E-state index < -0.39 is 12.1 Å². The third-order valence-electron chi connectivity index (χ3n) is 3.74. The topological polar surface area (TPSA) is 120 Å². The van der Waals surface area contributed by atoms with Crippen molar-refractivity contribution < 1.29 is 24.5 Å². The number of β-amino-alcohol motifs (C(OH)–C–C–N with tert-alkyl or cyclic N) is 1. The molecule has 0 fully saturated rings. The van der Waals surface area contributed by atoms with Gasteiger partial charge in [0.1, 0.15) is 18.5 Å². The van der Waals surface area contributed by atoms with Crippen molar-refractivity contribution >= 4 is 17.6 Å². The Hall–Kier alpha value is -2.45. The second-order valence-electron chi connectivity index (χ2n) is 7.21. The third kappa shape index (κ3) is 5.82. The number of carboxylic acids is 1. The highest BCUT2D eigenvalue weighted by Crippen LogP contribution is 2.24. The van der Waals surface area contributed by atoms with E-state index in [9.17, 15) is 19.8 Å². The molecule has 142 valence electrons. The SMILES string of the molecule is CC(C)(C)NCC(O)COc1ccc(C(=O)O)cc1C1=NNC(=O)CC1. The summed E-state index contributed by atoms with van der Waals surface area (Å²) in [6.45, 7) is 6.40. The fraction of sp³-hybridized carbons (Fsp3) is 0.500. The summed E-state index contributed by atoms with van der Waals surface area (Å²) in [6, 6.07) is 4.44. The van der Waals surface area contributed by atoms with Gasteiger partial charge in [-0.05, 0) is 39.0 Å². The summed E-state index contributed by atoms with van der Waals surface area (Å²) >= 11 is 0. The monoisotopic (exact) mass is 363 g/mol. The quantitative estimate of drug-likeness (QED) is 0.576. The molecule has 2 rings (SSSR count). The predicted molar refractivity (Wildman–Crippen MR) is 96.6 cm³/mol. The van der Waals surface area contributed by atoms with Crippen molar-refractivity contribution in [3.8, 4) is 5.75 Å². The van der Waals surface area contributed by atoms with Crippen LogP contribution in [-0.4, -0.2) is 52.6 Å². The molecule has 0 aliphatic carbocycles. The Kier molecular flexibility index (Phi) is 6.33. The number of carbonyl (C=O) groups excluding carboxylic acids is 1. The van der Waals surface area contributed by atoms with Crippen LogP contribution in [0, 0.1) is 0 Å². The number of nitrogens with zero attached hydrogens (tertiary/aromatic N) is 1. The number of hydrogen-bond donors (Lipinski definition) is 4. The highest BCUT2D eigenvalue weighted by molar-refractivity contribution is 6.07. The lowest BCUT2D eigenvalue weighted by Crippen LogP contribution is -2.42. The molecule has 8 nitrogen and oxygen atoms in total. The second kappa shape index (κ2) is 8.29. The fourth-order valence-corrected chi connectivity index (χ4v) is 2.35. The van der Waals surface area contributed by atoms with Crippen LogP contribution in [0.2, 0.25) is 0 Å². The van der Waals surface area contributed by atoms with E-state index in [1.807, 2.05) is 20.8 Å². The number of nitrogens with one attached hydrogen (secondary N) is 2. The fourth-order valence-electron chi connectivity index (χ4n) is 2.35. The van der Waals surface area contributed by atoms with Crippen LogP contribution in [0.4, 0.5) is 0 Å². The number of hydrazone groups is 1. The summed E-state index contributed by atoms with van der Waals surface area (Å²) in [5.41, 5.74) is 3.42. The Balaban J connectivity index is 2.14. The summed E-state index contributed by atoms with van der Waals surface area (Å²) < 4.78 is 5.70. The lowest BCUT2D eigenvalue weighted by atomic mass is 10.0. The van der Waals surface area contributed by atoms with Crippen molar-refractivity contribution in [1.82, 2.24) is 10.7 Å². The first-order chi connectivity index (χ1) is 12.2. The first kappa shape index (κ1) is 19.9. The van der Waals surface area contributed by atoms with Gasteiger partial charge >= 0.3 is 5.97 Å². The largest absolute Gasteiger partial charge is 0.490 e. The first-order valence-corrected chi connectivity index (χ1v) is 8.45. The molecule has 0 radical (unpaired) electrons. The number of aliphatic hydroxyl groups excluding tert-OH is 1. The van der Waals surface area contributed by atoms with E-state index in [1.54, 1.807) is 6.07 Å². The van der Waals surface area contributed by atoms with Gasteiger partial charge in [-0.15, -0.1) is 0 Å². The summed E-state index contributed by atoms with van der Waals surface area (Å²) in [7, 11) is 0. The molecule has 0 spiro atoms. The van der Waals surface area contributed by atoms with Gasteiger partial charge in [0.05, 0.1) is 11.3 Å². The smallest absolute Gasteiger partial charge is 0.335 e. The number of carboxylic acid groups (broad SMARTS) is 1. The summed E-state index contributed by atoms with van der Waals surface area (Å²) in [5, 5.41) is 26.5. The highest BCUT2D eigenvalue weighted by atomic mass is 16.5. The number of rotatable bonds is 7. The van der Waals surface area contributed by atoms with Gasteiger partial charge in [-0.3, -0.25) is 4.79 Å². The molecule has 1 aliphatic rings. The Morgan fingerprint density at radius 2 is 2.12 bits per heavy atom. The molecular formula is C18H25N3O5. The number of ether oxygens (including phenoxy) is 1. The molecule has 8 heteroatoms. The zero-order valence-corrected chi connectivity index (χ0v) is 15.2. The van der Waals surface area contributed by atoms with Crippen LogP contribution in [0.15, 0.2) is 23.3 Å². The van der Waals surface area contributed by atoms with E-state index in [1.165, 1.54) is 12.1 Å². The highest BCUT2D eigenvalue weighted by Gasteiger charge is 2.20. The van der Waals surface area contributed by atoms with Crippen molar-refractivity contribution in [3.05, 3.63) is 29.3 Å². The summed E-state index contributed by atoms with van der Waals surface area (Å²) in [4.78, 5) is 22.5. The van der Waals surface area contributed by atoms with Gasteiger partial charge in [-0.2, -0.15) is 5.10 Å². The van der Waals surface area contributed by atoms with Crippen molar-refractivity contribution in [2.45, 2.75) is 45.3 Å². The van der Waals surface area contributed by atoms with Crippen LogP contribution in [0.1, 0.15) is 49.5 Å². The van der Waals surface area contributed by atoms with Gasteiger partial charge in [-0.25, -0.2) is 10.2 Å². The Morgan fingerprint density at radius 3 is 2.69 bits per heavy atom. The number of amides is 1. The van der Waals surface area contributed by atoms with E-state index in [2.05, 4.69) is 15.8 Å². The van der Waals surface area contributed by atoms with Gasteiger partial charge in [0, 0.05) is 30.5 Å². The molecule has 1 unspecified atom stereocenters. The van der Waals surface area contributed by atoms with Crippen LogP contribution >= 0.6 is 0 Å². The molecule has 1 atom stereocenters. The van der Waals surface area contributed by atoms with Gasteiger partial charge in [0.2, 0.25) is 5.91 Å². The van der Waals surface area contributed by atoms with Crippen molar-refractivity contribution in [3.63, 3.8) is 0 Å². The molecule has 0 bridgehead atoms. The van der Waals surface area contributed by atoms with Crippen molar-refractivity contribution in [2.75, 3.05) is 13.2 Å². The van der Waals surface area contributed by atoms with E-state index in [4.69, 9.17) is 4.74 Å². The minimum atomic E-state index is -1.06. The Morgan fingerprint density at radius 1 is 1.38 bits per heavy atom. The van der Waals surface area contributed by atoms with Crippen LogP contribution in [-0.2, 0) is 4.79 Å². The number of benzene rings is 1. The maximum Gasteiger partial charge on any atom is 0.335 e. The number of aliphatic hydroxyl groups is 1. The van der Waals surface area contributed by atoms with E-state index >= 15 is 0 Å². The normalized spacial score (nSPS) is 15.8. The van der Waals surface area contributed by atoms with Crippen molar-refractivity contribution in [1.29, 1.82) is 0 Å². The number of carbonyl (C=O) groups is 2. The van der Waals surface area contributed by atoms with E-state index in [0.29, 0.717) is 30.0 Å². The molecular weight excluding hydrogens is 338 g/mol. The molecule has 1 heterocycles. The number of hydrogen-bond acceptors (Lipinski definition) is 6. The molecule has 4 N–H and O–H groups in total. The Bertz CT molecular complexity index is 709. The summed E-state index contributed by atoms with van der Waals surface area (Å²) in [6.07, 6.45) is -0.0678. The van der Waals surface area contributed by atoms with Crippen molar-refractivity contribution in [2.24, 2.45) is 5.10 Å². The average Bonchev–Trinajstić information content (AvgIpc) is 2.58. The van der Waals surface area contributed by atoms with Gasteiger partial charge < -0.3 is 20.3 Å². The third-order valence-corrected chi connectivity index (χ3v) is 3.74. The lowest BCUT2D eigenvalue weighted by molar-refractivity contribution is -0.121. The van der Waals surface area contributed by atoms with Gasteiger partial charge in [0.25, 0.3) is 0 Å². The molecule has 1 amide bonds. The second-order valence-corrected chi connectivity index (χ2v) is 7.21. The molecule has 1 aliphatic heterocycles. The van der Waals surface area contributed by atoms with E-state index in [-0.39, 0.29) is 30.0 Å². The average molecular weight is 363 g/mol. The maximum atomic E-state index is 11.3. The van der Waals surface area contributed by atoms with E-state index in [0.717, 1.165) is 0 Å². The van der Waals surface area contributed by atoms with Crippen LogP contribution in [0.25, 0.3) is 0 Å². The minimum Gasteiger partial charge on any atom is -0.490 e. The minimum absolute atomic E-state index is 0.0438. The Labute approximate surface area is 152 Å². The predicted octanol–water partition coefficient (Wildman–Crippen LogP) is 1.13. The van der Waals surface area contributed by atoms with Gasteiger partial charge in [-0.1, -0.05) is 0 Å². The van der Waals surface area contributed by atoms with Crippen LogP contribution in [0.3, 0.4) is 0 Å². The van der Waals surface area contributed by atoms with Crippen LogP contribution in [0.5, 0.6) is 5.75 Å². The molecule has 26 heavy (non-hydrogen) atoms. The lowest BCUT2D eigenvalue weighted by Gasteiger charge is -2.23. The maximum absolute atomic E-state index is 11.3. The number of aromatic carboxylic acids is 1. The zero-order valence-electron chi connectivity index (χ0n) is 15.2. The van der Waals surface area contributed by atoms with Gasteiger partial charge in [0.15, 0.2) is 0 Å². The molecule has 1 aromatic rings. The molecule has 0 aromatic heterocycles. The standard InChI is InChI=1S/C18H25N3O5/c1-18(2,3)19-9-12(22)10-26-15-6-4-11(17(24)25)8-13(15)14-5-7-16(23)21-20-14/h4,6,8,12,19,22H,5,7,9-10H2,1-3H3,(H,21,23)(H,24,25). The van der Waals surface area contributed by atoms with Crippen LogP contribution < -0.4 is 15.5 Å². The molecule has 1 aromatic carbocycles. The zero-order chi connectivity index (χ0) is 19.3. The summed E-state index contributed by atoms with van der Waals surface area (Å²) in [5.74, 6) is -0.832. The molecule has 0 saturated carbocycles. The first-order valence-electron chi connectivity index (χ1n) is 8.45.